The van der Waals surface area contributed by atoms with E-state index in [-0.39, 0.29) is 18.0 Å². The van der Waals surface area contributed by atoms with E-state index in [1.54, 1.807) is 4.90 Å². The highest BCUT2D eigenvalue weighted by atomic mass is 16.2. The summed E-state index contributed by atoms with van der Waals surface area (Å²) in [7, 11) is 0. The fraction of sp³-hybridized carbons (Fsp3) is 0.136. The second kappa shape index (κ2) is 6.36. The van der Waals surface area contributed by atoms with Crippen LogP contribution in [0.4, 0.5) is 0 Å². The zero-order valence-corrected chi connectivity index (χ0v) is 15.0. The van der Waals surface area contributed by atoms with Gasteiger partial charge in [-0.15, -0.1) is 0 Å². The molecule has 0 fully saturated rings. The zero-order valence-electron chi connectivity index (χ0n) is 15.0. The highest BCUT2D eigenvalue weighted by Gasteiger charge is 2.29. The van der Waals surface area contributed by atoms with E-state index in [1.165, 1.54) is 0 Å². The molecule has 4 rings (SSSR count). The summed E-state index contributed by atoms with van der Waals surface area (Å²) in [5.41, 5.74) is 9.98. The molecule has 0 saturated carbocycles. The summed E-state index contributed by atoms with van der Waals surface area (Å²) >= 11 is 0. The monoisotopic (exact) mass is 357 g/mol. The lowest BCUT2D eigenvalue weighted by molar-refractivity contribution is -0.114. The lowest BCUT2D eigenvalue weighted by Crippen LogP contribution is -2.30. The minimum atomic E-state index is -0.587. The standard InChI is InChI=1S/C22H19N3O2/c1-13(21(23)26)11-25-12-19-17(22(25)27)9-8-15-6-7-16(10-18(15)19)20-5-3-4-14(2)24-20/h3-10H,1,11-12H2,2H3,(H2,23,26). The van der Waals surface area contributed by atoms with Crippen molar-refractivity contribution in [1.82, 2.24) is 9.88 Å². The number of aromatic nitrogens is 1. The van der Waals surface area contributed by atoms with E-state index in [9.17, 15) is 9.59 Å². The van der Waals surface area contributed by atoms with Crippen molar-refractivity contribution in [3.05, 3.63) is 77.5 Å². The molecule has 0 atom stereocenters. The Labute approximate surface area is 157 Å². The number of pyridine rings is 1. The molecule has 27 heavy (non-hydrogen) atoms. The second-order valence-electron chi connectivity index (χ2n) is 6.82. The lowest BCUT2D eigenvalue weighted by atomic mass is 9.98. The number of hydrogen-bond acceptors (Lipinski definition) is 3. The number of amides is 2. The minimum absolute atomic E-state index is 0.103. The lowest BCUT2D eigenvalue weighted by Gasteiger charge is -2.15. The fourth-order valence-electron chi connectivity index (χ4n) is 3.48. The number of nitrogens with zero attached hydrogens (tertiary/aromatic N) is 2. The average molecular weight is 357 g/mol. The molecular weight excluding hydrogens is 338 g/mol. The topological polar surface area (TPSA) is 76.3 Å². The van der Waals surface area contributed by atoms with Crippen LogP contribution in [0.5, 0.6) is 0 Å². The quantitative estimate of drug-likeness (QED) is 0.729. The molecule has 3 aromatic rings. The molecule has 2 aromatic carbocycles. The largest absolute Gasteiger partial charge is 0.366 e. The molecule has 5 nitrogen and oxygen atoms in total. The normalized spacial score (nSPS) is 13.1. The second-order valence-corrected chi connectivity index (χ2v) is 6.82. The summed E-state index contributed by atoms with van der Waals surface area (Å²) in [5, 5.41) is 2.09. The van der Waals surface area contributed by atoms with Gasteiger partial charge in [-0.2, -0.15) is 0 Å². The third-order valence-corrected chi connectivity index (χ3v) is 4.91. The number of hydrogen-bond donors (Lipinski definition) is 1. The van der Waals surface area contributed by atoms with Crippen molar-refractivity contribution >= 4 is 22.6 Å². The first kappa shape index (κ1) is 17.0. The van der Waals surface area contributed by atoms with Gasteiger partial charge >= 0.3 is 0 Å². The summed E-state index contributed by atoms with van der Waals surface area (Å²) in [6.07, 6.45) is 0. The number of aryl methyl sites for hydroxylation is 1. The molecule has 0 spiro atoms. The SMILES string of the molecule is C=C(CN1Cc2c(ccc3ccc(-c4cccc(C)n4)cc23)C1=O)C(N)=O. The molecular formula is C22H19N3O2. The number of nitrogens with two attached hydrogens (primary N) is 1. The summed E-state index contributed by atoms with van der Waals surface area (Å²) in [6.45, 7) is 6.20. The molecule has 0 unspecified atom stereocenters. The van der Waals surface area contributed by atoms with E-state index in [2.05, 4.69) is 17.6 Å². The van der Waals surface area contributed by atoms with Crippen molar-refractivity contribution in [3.8, 4) is 11.3 Å². The maximum atomic E-state index is 12.7. The number of fused-ring (bicyclic) bond motifs is 3. The fourth-order valence-corrected chi connectivity index (χ4v) is 3.48. The maximum absolute atomic E-state index is 12.7. The Hall–Kier alpha value is -3.47. The Morgan fingerprint density at radius 2 is 2.00 bits per heavy atom. The summed E-state index contributed by atoms with van der Waals surface area (Å²) < 4.78 is 0. The van der Waals surface area contributed by atoms with Crippen LogP contribution < -0.4 is 5.73 Å². The first-order valence-corrected chi connectivity index (χ1v) is 8.70. The van der Waals surface area contributed by atoms with E-state index >= 15 is 0 Å². The van der Waals surface area contributed by atoms with Gasteiger partial charge in [-0.05, 0) is 47.5 Å². The molecule has 2 N–H and O–H groups in total. The van der Waals surface area contributed by atoms with Crippen molar-refractivity contribution in [2.45, 2.75) is 13.5 Å². The van der Waals surface area contributed by atoms with Gasteiger partial charge in [0.05, 0.1) is 12.2 Å². The summed E-state index contributed by atoms with van der Waals surface area (Å²) in [5.74, 6) is -0.690. The van der Waals surface area contributed by atoms with Crippen molar-refractivity contribution < 1.29 is 9.59 Å². The Morgan fingerprint density at radius 3 is 2.74 bits per heavy atom. The molecule has 5 heteroatoms. The Balaban J connectivity index is 1.77. The van der Waals surface area contributed by atoms with Gasteiger partial charge in [0.25, 0.3) is 5.91 Å². The van der Waals surface area contributed by atoms with Crippen LogP contribution in [0.1, 0.15) is 21.6 Å². The van der Waals surface area contributed by atoms with Crippen molar-refractivity contribution in [2.75, 3.05) is 6.54 Å². The summed E-state index contributed by atoms with van der Waals surface area (Å²) in [6, 6.07) is 15.9. The van der Waals surface area contributed by atoms with E-state index in [1.807, 2.05) is 49.4 Å². The van der Waals surface area contributed by atoms with Gasteiger partial charge in [0.15, 0.2) is 0 Å². The van der Waals surface area contributed by atoms with Crippen molar-refractivity contribution in [3.63, 3.8) is 0 Å². The highest BCUT2D eigenvalue weighted by molar-refractivity contribution is 6.05. The third-order valence-electron chi connectivity index (χ3n) is 4.91. The van der Waals surface area contributed by atoms with Gasteiger partial charge in [0.1, 0.15) is 0 Å². The summed E-state index contributed by atoms with van der Waals surface area (Å²) in [4.78, 5) is 30.2. The van der Waals surface area contributed by atoms with Gasteiger partial charge in [-0.3, -0.25) is 14.6 Å². The number of carbonyl (C=O) groups excluding carboxylic acids is 2. The average Bonchev–Trinajstić information content (AvgIpc) is 2.97. The van der Waals surface area contributed by atoms with Gasteiger partial charge in [-0.25, -0.2) is 0 Å². The maximum Gasteiger partial charge on any atom is 0.254 e. The Morgan fingerprint density at radius 1 is 1.22 bits per heavy atom. The Bertz CT molecular complexity index is 1120. The van der Waals surface area contributed by atoms with Gasteiger partial charge < -0.3 is 10.6 Å². The first-order valence-electron chi connectivity index (χ1n) is 8.70. The predicted molar refractivity (Wildman–Crippen MR) is 105 cm³/mol. The predicted octanol–water partition coefficient (Wildman–Crippen LogP) is 3.21. The number of carbonyl (C=O) groups is 2. The van der Waals surface area contributed by atoms with Crippen LogP contribution in [0, 0.1) is 6.92 Å². The van der Waals surface area contributed by atoms with Gasteiger partial charge in [0, 0.05) is 28.9 Å². The molecule has 0 aliphatic carbocycles. The highest BCUT2D eigenvalue weighted by Crippen LogP contribution is 2.33. The molecule has 0 saturated heterocycles. The molecule has 2 heterocycles. The van der Waals surface area contributed by atoms with Crippen LogP contribution >= 0.6 is 0 Å². The number of benzene rings is 2. The van der Waals surface area contributed by atoms with Gasteiger partial charge in [0.2, 0.25) is 5.91 Å². The van der Waals surface area contributed by atoms with E-state index < -0.39 is 5.91 Å². The van der Waals surface area contributed by atoms with E-state index in [0.717, 1.165) is 33.3 Å². The number of rotatable bonds is 4. The van der Waals surface area contributed by atoms with Crippen LogP contribution in [0.15, 0.2) is 60.7 Å². The molecule has 1 aliphatic heterocycles. The molecule has 1 aliphatic rings. The zero-order chi connectivity index (χ0) is 19.1. The van der Waals surface area contributed by atoms with Crippen LogP contribution in [-0.4, -0.2) is 28.2 Å². The third kappa shape index (κ3) is 2.97. The smallest absolute Gasteiger partial charge is 0.254 e. The van der Waals surface area contributed by atoms with Crippen LogP contribution in [-0.2, 0) is 11.3 Å². The molecule has 1 aromatic heterocycles. The Kier molecular flexibility index (Phi) is 4.00. The molecule has 2 amide bonds. The van der Waals surface area contributed by atoms with E-state index in [0.29, 0.717) is 12.1 Å². The van der Waals surface area contributed by atoms with Crippen molar-refractivity contribution in [2.24, 2.45) is 5.73 Å². The van der Waals surface area contributed by atoms with Crippen LogP contribution in [0.2, 0.25) is 0 Å². The minimum Gasteiger partial charge on any atom is -0.366 e. The molecule has 134 valence electrons. The number of primary amides is 1. The van der Waals surface area contributed by atoms with Crippen LogP contribution in [0.25, 0.3) is 22.0 Å². The van der Waals surface area contributed by atoms with E-state index in [4.69, 9.17) is 5.73 Å². The van der Waals surface area contributed by atoms with Gasteiger partial charge in [-0.1, -0.05) is 30.8 Å². The van der Waals surface area contributed by atoms with Crippen LogP contribution in [0.3, 0.4) is 0 Å². The molecule has 0 bridgehead atoms. The van der Waals surface area contributed by atoms with Crippen molar-refractivity contribution in [1.29, 1.82) is 0 Å². The first-order chi connectivity index (χ1) is 12.9. The molecule has 0 radical (unpaired) electrons.